The van der Waals surface area contributed by atoms with Crippen molar-refractivity contribution in [2.24, 2.45) is 0 Å². The van der Waals surface area contributed by atoms with Crippen molar-refractivity contribution in [2.75, 3.05) is 6.54 Å². The van der Waals surface area contributed by atoms with Gasteiger partial charge in [0.2, 0.25) is 5.91 Å². The molecule has 2 atom stereocenters. The molecule has 0 saturated heterocycles. The molecule has 0 saturated carbocycles. The predicted octanol–water partition coefficient (Wildman–Crippen LogP) is 2.08. The van der Waals surface area contributed by atoms with Crippen LogP contribution in [0.2, 0.25) is 0 Å². The first-order chi connectivity index (χ1) is 14.3. The van der Waals surface area contributed by atoms with E-state index in [0.717, 1.165) is 14.7 Å². The zero-order chi connectivity index (χ0) is 21.9. The molecule has 0 aliphatic carbocycles. The largest absolute Gasteiger partial charge is 0.480 e. The Balaban J connectivity index is 1.73. The van der Waals surface area contributed by atoms with E-state index < -0.39 is 30.1 Å². The van der Waals surface area contributed by atoms with Crippen molar-refractivity contribution >= 4 is 40.6 Å². The Morgan fingerprint density at radius 1 is 1.00 bits per heavy atom. The number of carboxylic acids is 1. The molecule has 2 rings (SSSR count). The van der Waals surface area contributed by atoms with Crippen LogP contribution in [0, 0.1) is 3.57 Å². The van der Waals surface area contributed by atoms with Crippen molar-refractivity contribution in [2.45, 2.75) is 31.6 Å². The minimum Gasteiger partial charge on any atom is -0.480 e. The summed E-state index contributed by atoms with van der Waals surface area (Å²) in [5, 5.41) is 24.1. The fourth-order valence-corrected chi connectivity index (χ4v) is 2.93. The smallest absolute Gasteiger partial charge is 0.407 e. The number of benzene rings is 2. The number of aliphatic hydroxyl groups is 1. The third kappa shape index (κ3) is 8.78. The normalized spacial score (nSPS) is 12.5. The molecule has 0 fully saturated rings. The Morgan fingerprint density at radius 3 is 2.30 bits per heavy atom. The molecule has 0 spiro atoms. The molecule has 0 aromatic heterocycles. The first kappa shape index (κ1) is 23.6. The summed E-state index contributed by atoms with van der Waals surface area (Å²) < 4.78 is 6.03. The summed E-state index contributed by atoms with van der Waals surface area (Å²) >= 11 is 2.14. The highest BCUT2D eigenvalue weighted by Gasteiger charge is 2.22. The number of carbonyl (C=O) groups is 3. The molecule has 30 heavy (non-hydrogen) atoms. The summed E-state index contributed by atoms with van der Waals surface area (Å²) in [6, 6.07) is 15.3. The highest BCUT2D eigenvalue weighted by molar-refractivity contribution is 14.1. The van der Waals surface area contributed by atoms with E-state index in [9.17, 15) is 24.6 Å². The van der Waals surface area contributed by atoms with Gasteiger partial charge in [-0.25, -0.2) is 9.59 Å². The summed E-state index contributed by atoms with van der Waals surface area (Å²) in [6.45, 7) is -0.113. The van der Waals surface area contributed by atoms with Gasteiger partial charge in [0.05, 0.1) is 12.5 Å². The van der Waals surface area contributed by atoms with Gasteiger partial charge < -0.3 is 25.6 Å². The number of nitrogens with one attached hydrogen (secondary N) is 2. The van der Waals surface area contributed by atoms with E-state index in [1.165, 1.54) is 0 Å². The number of hydrogen-bond donors (Lipinski definition) is 4. The number of carboxylic acid groups (broad SMARTS) is 1. The number of aliphatic carboxylic acids is 1. The lowest BCUT2D eigenvalue weighted by Gasteiger charge is -2.17. The molecule has 2 aromatic carbocycles. The van der Waals surface area contributed by atoms with Crippen molar-refractivity contribution in [3.8, 4) is 0 Å². The van der Waals surface area contributed by atoms with Crippen LogP contribution < -0.4 is 10.6 Å². The van der Waals surface area contributed by atoms with Gasteiger partial charge in [-0.2, -0.15) is 0 Å². The van der Waals surface area contributed by atoms with Crippen molar-refractivity contribution in [1.82, 2.24) is 10.6 Å². The molecule has 9 heteroatoms. The van der Waals surface area contributed by atoms with Crippen LogP contribution in [0.5, 0.6) is 0 Å². The number of alkyl carbamates (subject to hydrolysis) is 1. The molecule has 160 valence electrons. The van der Waals surface area contributed by atoms with E-state index in [4.69, 9.17) is 4.74 Å². The fourth-order valence-electron chi connectivity index (χ4n) is 2.57. The number of amides is 2. The maximum atomic E-state index is 12.1. The summed E-state index contributed by atoms with van der Waals surface area (Å²) in [5.41, 5.74) is 1.59. The first-order valence-corrected chi connectivity index (χ1v) is 10.3. The van der Waals surface area contributed by atoms with Crippen LogP contribution in [-0.2, 0) is 27.4 Å². The maximum Gasteiger partial charge on any atom is 0.407 e. The quantitative estimate of drug-likeness (QED) is 0.352. The molecule has 8 nitrogen and oxygen atoms in total. The number of rotatable bonds is 10. The third-order valence-electron chi connectivity index (χ3n) is 4.10. The van der Waals surface area contributed by atoms with Gasteiger partial charge in [-0.1, -0.05) is 42.5 Å². The lowest BCUT2D eigenvalue weighted by Crippen LogP contribution is -2.44. The molecule has 0 heterocycles. The third-order valence-corrected chi connectivity index (χ3v) is 4.82. The van der Waals surface area contributed by atoms with Crippen LogP contribution in [0.3, 0.4) is 0 Å². The van der Waals surface area contributed by atoms with Crippen molar-refractivity contribution < 1.29 is 29.3 Å². The molecule has 0 unspecified atom stereocenters. The summed E-state index contributed by atoms with van der Waals surface area (Å²) in [6.07, 6.45) is -2.13. The van der Waals surface area contributed by atoms with Crippen molar-refractivity contribution in [3.63, 3.8) is 0 Å². The van der Waals surface area contributed by atoms with Crippen LogP contribution in [0.25, 0.3) is 0 Å². The Morgan fingerprint density at radius 2 is 1.67 bits per heavy atom. The van der Waals surface area contributed by atoms with Crippen molar-refractivity contribution in [1.29, 1.82) is 0 Å². The van der Waals surface area contributed by atoms with Gasteiger partial charge in [0.15, 0.2) is 0 Å². The number of hydrogen-bond acceptors (Lipinski definition) is 5. The van der Waals surface area contributed by atoms with E-state index in [-0.39, 0.29) is 26.0 Å². The maximum absolute atomic E-state index is 12.1. The van der Waals surface area contributed by atoms with Gasteiger partial charge in [-0.15, -0.1) is 0 Å². The molecule has 0 radical (unpaired) electrons. The minimum atomic E-state index is -1.18. The monoisotopic (exact) mass is 526 g/mol. The van der Waals surface area contributed by atoms with E-state index in [2.05, 4.69) is 33.2 Å². The number of carbonyl (C=O) groups excluding carboxylic acids is 2. The Bertz CT molecular complexity index is 844. The summed E-state index contributed by atoms with van der Waals surface area (Å²) in [7, 11) is 0. The highest BCUT2D eigenvalue weighted by atomic mass is 127. The van der Waals surface area contributed by atoms with Crippen LogP contribution in [0.15, 0.2) is 54.6 Å². The van der Waals surface area contributed by atoms with E-state index in [1.807, 2.05) is 42.5 Å². The van der Waals surface area contributed by atoms with Gasteiger partial charge in [0.25, 0.3) is 0 Å². The highest BCUT2D eigenvalue weighted by Crippen LogP contribution is 2.09. The van der Waals surface area contributed by atoms with E-state index in [1.54, 1.807) is 12.1 Å². The van der Waals surface area contributed by atoms with Crippen LogP contribution in [-0.4, -0.2) is 46.9 Å². The Kier molecular flexibility index (Phi) is 9.55. The molecule has 4 N–H and O–H groups in total. The number of ether oxygens (including phenoxy) is 1. The zero-order valence-electron chi connectivity index (χ0n) is 16.1. The molecular weight excluding hydrogens is 503 g/mol. The second-order valence-corrected chi connectivity index (χ2v) is 7.84. The topological polar surface area (TPSA) is 125 Å². The molecular formula is C21H23IN2O6. The molecule has 0 aliphatic heterocycles. The number of halogens is 1. The van der Waals surface area contributed by atoms with Gasteiger partial charge >= 0.3 is 12.1 Å². The van der Waals surface area contributed by atoms with Crippen LogP contribution in [0.1, 0.15) is 17.5 Å². The van der Waals surface area contributed by atoms with Crippen LogP contribution in [0.4, 0.5) is 4.79 Å². The lowest BCUT2D eigenvalue weighted by molar-refractivity contribution is -0.142. The molecule has 0 aliphatic rings. The number of aliphatic hydroxyl groups excluding tert-OH is 1. The molecule has 0 bridgehead atoms. The van der Waals surface area contributed by atoms with E-state index in [0.29, 0.717) is 0 Å². The lowest BCUT2D eigenvalue weighted by atomic mass is 10.1. The summed E-state index contributed by atoms with van der Waals surface area (Å²) in [5.74, 6) is -1.79. The van der Waals surface area contributed by atoms with Crippen LogP contribution >= 0.6 is 22.6 Å². The Labute approximate surface area is 187 Å². The standard InChI is InChI=1S/C21H23IN2O6/c22-16-8-6-14(7-9-16)10-18(20(27)28)24-19(26)11-17(25)12-23-21(29)30-13-15-4-2-1-3-5-15/h1-9,17-18,25H,10-13H2,(H,23,29)(H,24,26)(H,27,28)/t17-,18+/m0/s1. The second kappa shape index (κ2) is 12.1. The first-order valence-electron chi connectivity index (χ1n) is 9.22. The predicted molar refractivity (Wildman–Crippen MR) is 118 cm³/mol. The molecule has 2 amide bonds. The zero-order valence-corrected chi connectivity index (χ0v) is 18.2. The van der Waals surface area contributed by atoms with Crippen molar-refractivity contribution in [3.05, 3.63) is 69.3 Å². The average Bonchev–Trinajstić information content (AvgIpc) is 2.72. The van der Waals surface area contributed by atoms with Gasteiger partial charge in [0.1, 0.15) is 12.6 Å². The summed E-state index contributed by atoms with van der Waals surface area (Å²) in [4.78, 5) is 35.2. The molecule has 2 aromatic rings. The van der Waals surface area contributed by atoms with Gasteiger partial charge in [-0.05, 0) is 45.9 Å². The SMILES string of the molecule is O=C(C[C@H](O)CNC(=O)OCc1ccccc1)N[C@H](Cc1ccc(I)cc1)C(=O)O. The Hall–Kier alpha value is -2.66. The minimum absolute atomic E-state index is 0.0854. The second-order valence-electron chi connectivity index (χ2n) is 6.59. The average molecular weight is 526 g/mol. The van der Waals surface area contributed by atoms with Gasteiger partial charge in [0, 0.05) is 16.5 Å². The van der Waals surface area contributed by atoms with E-state index >= 15 is 0 Å². The fraction of sp³-hybridized carbons (Fsp3) is 0.286. The van der Waals surface area contributed by atoms with Gasteiger partial charge in [-0.3, -0.25) is 4.79 Å².